The van der Waals surface area contributed by atoms with Gasteiger partial charge in [0.15, 0.2) is 0 Å². The quantitative estimate of drug-likeness (QED) is 0.196. The first kappa shape index (κ1) is 32.9. The van der Waals surface area contributed by atoms with Gasteiger partial charge in [-0.05, 0) is 85.3 Å². The van der Waals surface area contributed by atoms with Gasteiger partial charge in [0.05, 0.1) is 10.6 Å². The first-order valence-corrected chi connectivity index (χ1v) is 17.1. The molecular weight excluding hydrogens is 601 g/mol. The molecule has 1 aliphatic carbocycles. The Hall–Kier alpha value is -4.50. The van der Waals surface area contributed by atoms with E-state index in [2.05, 4.69) is 5.32 Å². The molecule has 1 N–H and O–H groups in total. The molecule has 1 aliphatic rings. The molecule has 4 aromatic rings. The van der Waals surface area contributed by atoms with Crippen LogP contribution in [0.15, 0.2) is 108 Å². The molecule has 9 heteroatoms. The molecule has 1 fully saturated rings. The van der Waals surface area contributed by atoms with Crippen molar-refractivity contribution in [2.45, 2.75) is 69.5 Å². The maximum Gasteiger partial charge on any atom is 0.264 e. The van der Waals surface area contributed by atoms with Crippen molar-refractivity contribution in [3.8, 4) is 0 Å². The molecular formula is C37H40FN3O4S. The van der Waals surface area contributed by atoms with Gasteiger partial charge >= 0.3 is 0 Å². The second-order valence-corrected chi connectivity index (χ2v) is 13.8. The molecule has 1 unspecified atom stereocenters. The smallest absolute Gasteiger partial charge is 0.264 e. The van der Waals surface area contributed by atoms with Gasteiger partial charge in [0.2, 0.25) is 11.8 Å². The van der Waals surface area contributed by atoms with Gasteiger partial charge in [-0.25, -0.2) is 12.8 Å². The van der Waals surface area contributed by atoms with E-state index in [4.69, 9.17) is 0 Å². The van der Waals surface area contributed by atoms with E-state index in [0.29, 0.717) is 11.3 Å². The average Bonchev–Trinajstić information content (AvgIpc) is 3.57. The zero-order valence-electron chi connectivity index (χ0n) is 26.2. The molecule has 46 heavy (non-hydrogen) atoms. The van der Waals surface area contributed by atoms with E-state index in [9.17, 15) is 22.4 Å². The summed E-state index contributed by atoms with van der Waals surface area (Å²) >= 11 is 0. The van der Waals surface area contributed by atoms with Crippen LogP contribution in [-0.2, 0) is 32.6 Å². The second kappa shape index (κ2) is 14.7. The third-order valence-electron chi connectivity index (χ3n) is 8.63. The predicted octanol–water partition coefficient (Wildman–Crippen LogP) is 6.34. The van der Waals surface area contributed by atoms with Crippen molar-refractivity contribution in [2.24, 2.45) is 0 Å². The Morgan fingerprint density at radius 1 is 0.826 bits per heavy atom. The Labute approximate surface area is 271 Å². The van der Waals surface area contributed by atoms with Crippen molar-refractivity contribution in [1.29, 1.82) is 0 Å². The zero-order chi connectivity index (χ0) is 32.7. The number of nitrogens with zero attached hydrogens (tertiary/aromatic N) is 2. The highest BCUT2D eigenvalue weighted by Crippen LogP contribution is 2.27. The Morgan fingerprint density at radius 3 is 2.09 bits per heavy atom. The fourth-order valence-corrected chi connectivity index (χ4v) is 7.26. The van der Waals surface area contributed by atoms with Crippen LogP contribution in [0.1, 0.15) is 47.9 Å². The van der Waals surface area contributed by atoms with Crippen LogP contribution >= 0.6 is 0 Å². The van der Waals surface area contributed by atoms with E-state index in [0.717, 1.165) is 46.7 Å². The summed E-state index contributed by atoms with van der Waals surface area (Å²) in [6.07, 6.45) is 4.00. The molecule has 0 radical (unpaired) electrons. The van der Waals surface area contributed by atoms with Crippen LogP contribution in [-0.4, -0.2) is 43.8 Å². The van der Waals surface area contributed by atoms with Gasteiger partial charge in [0, 0.05) is 19.0 Å². The maximum atomic E-state index is 14.6. The third-order valence-corrected chi connectivity index (χ3v) is 10.4. The summed E-state index contributed by atoms with van der Waals surface area (Å²) in [6.45, 7) is 3.27. The van der Waals surface area contributed by atoms with Gasteiger partial charge in [-0.2, -0.15) is 0 Å². The minimum atomic E-state index is -4.18. The number of carbonyl (C=O) groups is 2. The predicted molar refractivity (Wildman–Crippen MR) is 178 cm³/mol. The summed E-state index contributed by atoms with van der Waals surface area (Å²) in [5, 5.41) is 3.16. The number of rotatable bonds is 12. The van der Waals surface area contributed by atoms with Crippen LogP contribution < -0.4 is 9.62 Å². The number of benzene rings is 4. The lowest BCUT2D eigenvalue weighted by Crippen LogP contribution is -2.54. The van der Waals surface area contributed by atoms with Crippen molar-refractivity contribution in [3.05, 3.63) is 131 Å². The lowest BCUT2D eigenvalue weighted by Gasteiger charge is -2.34. The Morgan fingerprint density at radius 2 is 1.46 bits per heavy atom. The number of carbonyl (C=O) groups excluding carboxylic acids is 2. The molecule has 0 heterocycles. The van der Waals surface area contributed by atoms with Crippen LogP contribution in [0.5, 0.6) is 0 Å². The highest BCUT2D eigenvalue weighted by Gasteiger charge is 2.35. The van der Waals surface area contributed by atoms with E-state index >= 15 is 0 Å². The normalized spacial score (nSPS) is 14.1. The molecule has 240 valence electrons. The monoisotopic (exact) mass is 641 g/mol. The zero-order valence-corrected chi connectivity index (χ0v) is 27.0. The number of sulfonamides is 1. The van der Waals surface area contributed by atoms with Crippen molar-refractivity contribution in [3.63, 3.8) is 0 Å². The fourth-order valence-electron chi connectivity index (χ4n) is 5.84. The van der Waals surface area contributed by atoms with Gasteiger partial charge in [0.1, 0.15) is 18.4 Å². The van der Waals surface area contributed by atoms with Crippen molar-refractivity contribution >= 4 is 27.5 Å². The maximum absolute atomic E-state index is 14.6. The van der Waals surface area contributed by atoms with Gasteiger partial charge in [-0.3, -0.25) is 13.9 Å². The third kappa shape index (κ3) is 8.01. The molecule has 4 aromatic carbocycles. The lowest BCUT2D eigenvalue weighted by atomic mass is 10.0. The largest absolute Gasteiger partial charge is 0.352 e. The van der Waals surface area contributed by atoms with Gasteiger partial charge < -0.3 is 10.2 Å². The van der Waals surface area contributed by atoms with E-state index in [-0.39, 0.29) is 29.8 Å². The number of anilines is 1. The van der Waals surface area contributed by atoms with E-state index in [1.54, 1.807) is 42.5 Å². The van der Waals surface area contributed by atoms with Crippen molar-refractivity contribution in [2.75, 3.05) is 10.8 Å². The average molecular weight is 642 g/mol. The molecule has 5 rings (SSSR count). The van der Waals surface area contributed by atoms with E-state index in [1.165, 1.54) is 29.2 Å². The number of hydrogen-bond acceptors (Lipinski definition) is 4. The Balaban J connectivity index is 1.57. The first-order valence-electron chi connectivity index (χ1n) is 15.6. The van der Waals surface area contributed by atoms with Gasteiger partial charge in [-0.15, -0.1) is 0 Å². The molecule has 0 aromatic heterocycles. The minimum Gasteiger partial charge on any atom is -0.352 e. The molecule has 0 bridgehead atoms. The molecule has 0 spiro atoms. The summed E-state index contributed by atoms with van der Waals surface area (Å²) in [7, 11) is -4.18. The van der Waals surface area contributed by atoms with Crippen molar-refractivity contribution < 1.29 is 22.4 Å². The molecule has 1 atom stereocenters. The highest BCUT2D eigenvalue weighted by molar-refractivity contribution is 7.92. The lowest BCUT2D eigenvalue weighted by molar-refractivity contribution is -0.140. The molecule has 2 amide bonds. The van der Waals surface area contributed by atoms with Crippen molar-refractivity contribution in [1.82, 2.24) is 10.2 Å². The topological polar surface area (TPSA) is 86.8 Å². The van der Waals surface area contributed by atoms with Crippen LogP contribution in [0.3, 0.4) is 0 Å². The SMILES string of the molecule is Cc1ccc(N(CC(=O)N(Cc2ccc(F)cc2)C(Cc2ccccc2)C(=O)NC2CCCC2)S(=O)(=O)c2ccccc2)cc1C. The summed E-state index contributed by atoms with van der Waals surface area (Å²) in [4.78, 5) is 30.1. The fraction of sp³-hybridized carbons (Fsp3) is 0.297. The highest BCUT2D eigenvalue weighted by atomic mass is 32.2. The summed E-state index contributed by atoms with van der Waals surface area (Å²) in [5.74, 6) is -1.27. The molecule has 7 nitrogen and oxygen atoms in total. The van der Waals surface area contributed by atoms with Crippen LogP contribution in [0.4, 0.5) is 10.1 Å². The number of halogens is 1. The number of amides is 2. The minimum absolute atomic E-state index is 0.0130. The molecule has 0 saturated heterocycles. The van der Waals surface area contributed by atoms with Crippen LogP contribution in [0, 0.1) is 19.7 Å². The second-order valence-electron chi connectivity index (χ2n) is 11.9. The summed E-state index contributed by atoms with van der Waals surface area (Å²) < 4.78 is 43.3. The number of hydrogen-bond donors (Lipinski definition) is 1. The molecule has 0 aliphatic heterocycles. The van der Waals surface area contributed by atoms with Gasteiger partial charge in [0.25, 0.3) is 10.0 Å². The Kier molecular flexibility index (Phi) is 10.5. The van der Waals surface area contributed by atoms with E-state index < -0.39 is 34.3 Å². The summed E-state index contributed by atoms with van der Waals surface area (Å²) in [5.41, 5.74) is 3.67. The summed E-state index contributed by atoms with van der Waals surface area (Å²) in [6, 6.07) is 27.5. The Bertz CT molecular complexity index is 1740. The molecule has 1 saturated carbocycles. The first-order chi connectivity index (χ1) is 22.1. The number of aryl methyl sites for hydroxylation is 2. The van der Waals surface area contributed by atoms with Crippen LogP contribution in [0.25, 0.3) is 0 Å². The van der Waals surface area contributed by atoms with Crippen LogP contribution in [0.2, 0.25) is 0 Å². The van der Waals surface area contributed by atoms with Gasteiger partial charge in [-0.1, -0.05) is 79.6 Å². The number of nitrogens with one attached hydrogen (secondary N) is 1. The standard InChI is InChI=1S/C37H40FN3O4S/c1-27-17-22-33(23-28(27)2)41(46(44,45)34-15-7-4-8-16-34)26-36(42)40(25-30-18-20-31(38)21-19-30)35(24-29-11-5-3-6-12-29)37(43)39-32-13-9-10-14-32/h3-8,11-12,15-23,32,35H,9-10,13-14,24-26H2,1-2H3,(H,39,43). The van der Waals surface area contributed by atoms with E-state index in [1.807, 2.05) is 50.2 Å².